The van der Waals surface area contributed by atoms with Gasteiger partial charge < -0.3 is 5.73 Å². The van der Waals surface area contributed by atoms with Crippen molar-refractivity contribution in [1.29, 1.82) is 0 Å². The first-order valence-electron chi connectivity index (χ1n) is 6.03. The zero-order chi connectivity index (χ0) is 15.9. The molecular formula is C11H15N3O4S3. The average molecular weight is 349 g/mol. The highest BCUT2D eigenvalue weighted by Crippen LogP contribution is 2.25. The topological polar surface area (TPSA) is 119 Å². The Hall–Kier alpha value is -1.10. The number of aromatic nitrogens is 1. The van der Waals surface area contributed by atoms with Crippen molar-refractivity contribution in [2.24, 2.45) is 5.73 Å². The van der Waals surface area contributed by atoms with Gasteiger partial charge in [-0.3, -0.25) is 4.98 Å². The third-order valence-electron chi connectivity index (χ3n) is 3.18. The second-order valence-electron chi connectivity index (χ2n) is 5.25. The molecule has 1 aromatic rings. The Morgan fingerprint density at radius 1 is 1.48 bits per heavy atom. The molecule has 116 valence electrons. The summed E-state index contributed by atoms with van der Waals surface area (Å²) in [6.45, 7) is 1.58. The van der Waals surface area contributed by atoms with E-state index in [4.69, 9.17) is 18.0 Å². The third kappa shape index (κ3) is 3.76. The molecule has 0 aliphatic carbocycles. The molecule has 0 bridgehead atoms. The normalized spacial score (nSPS) is 24.8. The molecule has 1 unspecified atom stereocenters. The Morgan fingerprint density at radius 2 is 2.14 bits per heavy atom. The molecule has 0 amide bonds. The smallest absolute Gasteiger partial charge is 0.242 e. The lowest BCUT2D eigenvalue weighted by Gasteiger charge is -2.23. The van der Waals surface area contributed by atoms with E-state index >= 15 is 0 Å². The number of thiocarbonyl (C=S) groups is 1. The molecule has 7 nitrogen and oxygen atoms in total. The molecule has 21 heavy (non-hydrogen) atoms. The van der Waals surface area contributed by atoms with E-state index in [0.29, 0.717) is 5.69 Å². The number of nitrogens with two attached hydrogens (primary N) is 1. The Labute approximate surface area is 128 Å². The quantitative estimate of drug-likeness (QED) is 0.708. The molecule has 0 spiro atoms. The highest BCUT2D eigenvalue weighted by Gasteiger charge is 2.41. The van der Waals surface area contributed by atoms with Crippen LogP contribution in [0.15, 0.2) is 23.2 Å². The van der Waals surface area contributed by atoms with Gasteiger partial charge in [-0.15, -0.1) is 0 Å². The maximum absolute atomic E-state index is 12.3. The van der Waals surface area contributed by atoms with E-state index in [9.17, 15) is 16.8 Å². The van der Waals surface area contributed by atoms with E-state index in [2.05, 4.69) is 9.71 Å². The summed E-state index contributed by atoms with van der Waals surface area (Å²) < 4.78 is 50.0. The molecule has 10 heteroatoms. The first-order chi connectivity index (χ1) is 9.53. The van der Waals surface area contributed by atoms with Crippen LogP contribution in [-0.2, 0) is 19.9 Å². The van der Waals surface area contributed by atoms with Crippen LogP contribution in [-0.4, -0.2) is 43.9 Å². The highest BCUT2D eigenvalue weighted by molar-refractivity contribution is 7.92. The highest BCUT2D eigenvalue weighted by atomic mass is 32.2. The van der Waals surface area contributed by atoms with Crippen molar-refractivity contribution >= 4 is 37.1 Å². The number of nitrogens with zero attached hydrogens (tertiary/aromatic N) is 1. The lowest BCUT2D eigenvalue weighted by Crippen LogP contribution is -2.46. The molecule has 1 atom stereocenters. The Bertz CT molecular complexity index is 771. The van der Waals surface area contributed by atoms with E-state index < -0.39 is 25.4 Å². The van der Waals surface area contributed by atoms with Crippen molar-refractivity contribution in [3.63, 3.8) is 0 Å². The number of sulfone groups is 1. The number of sulfonamides is 1. The SMILES string of the molecule is CC1(NS(=O)(=O)c2ccc(C(N)=S)nc2)CCS(=O)(=O)C1. The molecule has 1 aromatic heterocycles. The van der Waals surface area contributed by atoms with Crippen molar-refractivity contribution < 1.29 is 16.8 Å². The minimum atomic E-state index is -3.86. The molecule has 1 saturated heterocycles. The Morgan fingerprint density at radius 3 is 2.57 bits per heavy atom. The summed E-state index contributed by atoms with van der Waals surface area (Å²) in [5, 5.41) is 0. The number of nitrogens with one attached hydrogen (secondary N) is 1. The molecule has 1 aliphatic rings. The molecule has 1 fully saturated rings. The van der Waals surface area contributed by atoms with Crippen LogP contribution in [0.3, 0.4) is 0 Å². The van der Waals surface area contributed by atoms with Crippen LogP contribution in [0.25, 0.3) is 0 Å². The third-order valence-corrected chi connectivity index (χ3v) is 6.92. The summed E-state index contributed by atoms with van der Waals surface area (Å²) in [6, 6.07) is 2.74. The minimum Gasteiger partial charge on any atom is -0.388 e. The van der Waals surface area contributed by atoms with E-state index in [1.807, 2.05) is 0 Å². The van der Waals surface area contributed by atoms with E-state index in [1.54, 1.807) is 6.92 Å². The molecular weight excluding hydrogens is 334 g/mol. The molecule has 3 N–H and O–H groups in total. The van der Waals surface area contributed by atoms with E-state index in [0.717, 1.165) is 6.20 Å². The summed E-state index contributed by atoms with van der Waals surface area (Å²) in [5.41, 5.74) is 4.71. The summed E-state index contributed by atoms with van der Waals surface area (Å²) in [4.78, 5) is 3.87. The monoisotopic (exact) mass is 349 g/mol. The van der Waals surface area contributed by atoms with Gasteiger partial charge in [-0.1, -0.05) is 12.2 Å². The van der Waals surface area contributed by atoms with Crippen LogP contribution in [0, 0.1) is 0 Å². The Kier molecular flexibility index (Phi) is 4.08. The van der Waals surface area contributed by atoms with Crippen LogP contribution in [0.4, 0.5) is 0 Å². The molecule has 2 heterocycles. The average Bonchev–Trinajstić information content (AvgIpc) is 2.62. The second-order valence-corrected chi connectivity index (χ2v) is 9.56. The standard InChI is InChI=1S/C11H15N3O4S3/c1-11(4-5-20(15,16)7-11)14-21(17,18)8-2-3-9(10(12)19)13-6-8/h2-3,6,14H,4-5,7H2,1H3,(H2,12,19). The first-order valence-corrected chi connectivity index (χ1v) is 9.75. The van der Waals surface area contributed by atoms with Crippen molar-refractivity contribution in [3.05, 3.63) is 24.0 Å². The predicted molar refractivity (Wildman–Crippen MR) is 82.1 cm³/mol. The fraction of sp³-hybridized carbons (Fsp3) is 0.455. The Balaban J connectivity index is 2.25. The second kappa shape index (κ2) is 5.27. The fourth-order valence-corrected chi connectivity index (χ4v) is 5.84. The van der Waals surface area contributed by atoms with Crippen LogP contribution < -0.4 is 10.5 Å². The van der Waals surface area contributed by atoms with Gasteiger partial charge >= 0.3 is 0 Å². The molecule has 0 aromatic carbocycles. The van der Waals surface area contributed by atoms with Crippen molar-refractivity contribution in [1.82, 2.24) is 9.71 Å². The van der Waals surface area contributed by atoms with Gasteiger partial charge in [0.1, 0.15) is 9.88 Å². The van der Waals surface area contributed by atoms with Crippen molar-refractivity contribution in [2.75, 3.05) is 11.5 Å². The summed E-state index contributed by atoms with van der Waals surface area (Å²) in [5.74, 6) is -0.234. The fourth-order valence-electron chi connectivity index (χ4n) is 2.16. The van der Waals surface area contributed by atoms with Crippen molar-refractivity contribution in [2.45, 2.75) is 23.8 Å². The molecule has 0 saturated carbocycles. The van der Waals surface area contributed by atoms with Crippen molar-refractivity contribution in [3.8, 4) is 0 Å². The van der Waals surface area contributed by atoms with Gasteiger partial charge in [-0.25, -0.2) is 21.6 Å². The number of pyridine rings is 1. The van der Waals surface area contributed by atoms with Crippen LogP contribution in [0.1, 0.15) is 19.0 Å². The van der Waals surface area contributed by atoms with E-state index in [-0.39, 0.29) is 27.8 Å². The van der Waals surface area contributed by atoms with Crippen LogP contribution in [0.5, 0.6) is 0 Å². The van der Waals surface area contributed by atoms with Gasteiger partial charge in [0.25, 0.3) is 0 Å². The lowest BCUT2D eigenvalue weighted by atomic mass is 10.0. The first kappa shape index (κ1) is 16.3. The predicted octanol–water partition coefficient (Wildman–Crippen LogP) is -0.429. The number of hydrogen-bond acceptors (Lipinski definition) is 6. The minimum absolute atomic E-state index is 0.0232. The van der Waals surface area contributed by atoms with Crippen LogP contribution >= 0.6 is 12.2 Å². The van der Waals surface area contributed by atoms with E-state index in [1.165, 1.54) is 12.1 Å². The maximum atomic E-state index is 12.3. The zero-order valence-corrected chi connectivity index (χ0v) is 13.7. The van der Waals surface area contributed by atoms with Gasteiger partial charge in [-0.2, -0.15) is 0 Å². The zero-order valence-electron chi connectivity index (χ0n) is 11.2. The van der Waals surface area contributed by atoms with Gasteiger partial charge in [0.15, 0.2) is 9.84 Å². The summed E-state index contributed by atoms with van der Waals surface area (Å²) >= 11 is 4.74. The largest absolute Gasteiger partial charge is 0.388 e. The number of hydrogen-bond donors (Lipinski definition) is 2. The molecule has 0 radical (unpaired) electrons. The molecule has 1 aliphatic heterocycles. The summed E-state index contributed by atoms with van der Waals surface area (Å²) in [6.07, 6.45) is 1.39. The summed E-state index contributed by atoms with van der Waals surface area (Å²) in [7, 11) is -7.06. The maximum Gasteiger partial charge on any atom is 0.242 e. The molecule has 2 rings (SSSR count). The van der Waals surface area contributed by atoms with Crippen LogP contribution in [0.2, 0.25) is 0 Å². The number of rotatable bonds is 4. The van der Waals surface area contributed by atoms with Gasteiger partial charge in [0.2, 0.25) is 10.0 Å². The van der Waals surface area contributed by atoms with Gasteiger partial charge in [0.05, 0.1) is 17.2 Å². The van der Waals surface area contributed by atoms with Gasteiger partial charge in [0, 0.05) is 11.7 Å². The lowest BCUT2D eigenvalue weighted by molar-refractivity contribution is 0.461. The van der Waals surface area contributed by atoms with Gasteiger partial charge in [-0.05, 0) is 25.5 Å².